The van der Waals surface area contributed by atoms with E-state index in [1.54, 1.807) is 11.8 Å². The minimum Gasteiger partial charge on any atom is -0.313 e. The highest BCUT2D eigenvalue weighted by atomic mass is 32.2. The Balaban J connectivity index is 1.92. The third-order valence-electron chi connectivity index (χ3n) is 2.54. The SMILES string of the molecule is Cc1cc(C)nc(SC[C@H]2CCCN2)n1. The number of rotatable bonds is 3. The van der Waals surface area contributed by atoms with E-state index in [0.29, 0.717) is 6.04 Å². The largest absolute Gasteiger partial charge is 0.313 e. The molecular weight excluding hydrogens is 206 g/mol. The van der Waals surface area contributed by atoms with Crippen molar-refractivity contribution >= 4 is 11.8 Å². The van der Waals surface area contributed by atoms with Crippen LogP contribution in [0.15, 0.2) is 11.2 Å². The summed E-state index contributed by atoms with van der Waals surface area (Å²) in [6.45, 7) is 5.21. The van der Waals surface area contributed by atoms with Gasteiger partial charge >= 0.3 is 0 Å². The molecule has 4 heteroatoms. The summed E-state index contributed by atoms with van der Waals surface area (Å²) < 4.78 is 0. The Morgan fingerprint density at radius 1 is 1.40 bits per heavy atom. The molecule has 1 aromatic rings. The summed E-state index contributed by atoms with van der Waals surface area (Å²) in [6, 6.07) is 2.66. The van der Waals surface area contributed by atoms with Crippen molar-refractivity contribution in [2.24, 2.45) is 0 Å². The van der Waals surface area contributed by atoms with Crippen LogP contribution >= 0.6 is 11.8 Å². The fourth-order valence-corrected chi connectivity index (χ4v) is 2.88. The van der Waals surface area contributed by atoms with Crippen LogP contribution in [0.3, 0.4) is 0 Å². The quantitative estimate of drug-likeness (QED) is 0.628. The van der Waals surface area contributed by atoms with Gasteiger partial charge in [-0.2, -0.15) is 0 Å². The van der Waals surface area contributed by atoms with Crippen LogP contribution in [-0.4, -0.2) is 28.3 Å². The van der Waals surface area contributed by atoms with Crippen LogP contribution < -0.4 is 5.32 Å². The van der Waals surface area contributed by atoms with E-state index in [0.717, 1.165) is 22.3 Å². The van der Waals surface area contributed by atoms with Gasteiger partial charge in [-0.15, -0.1) is 0 Å². The normalized spacial score (nSPS) is 20.8. The second-order valence-electron chi connectivity index (χ2n) is 4.04. The molecule has 0 bridgehead atoms. The topological polar surface area (TPSA) is 37.8 Å². The lowest BCUT2D eigenvalue weighted by atomic mass is 10.3. The number of nitrogens with zero attached hydrogens (tertiary/aromatic N) is 2. The van der Waals surface area contributed by atoms with E-state index in [4.69, 9.17) is 0 Å². The molecular formula is C11H17N3S. The van der Waals surface area contributed by atoms with Gasteiger partial charge in [0.25, 0.3) is 0 Å². The summed E-state index contributed by atoms with van der Waals surface area (Å²) in [5.74, 6) is 1.09. The molecule has 0 saturated carbocycles. The molecule has 1 aromatic heterocycles. The fraction of sp³-hybridized carbons (Fsp3) is 0.636. The molecule has 82 valence electrons. The molecule has 1 fully saturated rings. The lowest BCUT2D eigenvalue weighted by Gasteiger charge is -2.08. The molecule has 0 unspecified atom stereocenters. The minimum absolute atomic E-state index is 0.652. The van der Waals surface area contributed by atoms with Crippen LogP contribution in [-0.2, 0) is 0 Å². The minimum atomic E-state index is 0.652. The van der Waals surface area contributed by atoms with Gasteiger partial charge in [-0.25, -0.2) is 9.97 Å². The summed E-state index contributed by atoms with van der Waals surface area (Å²) in [4.78, 5) is 8.84. The monoisotopic (exact) mass is 223 g/mol. The highest BCUT2D eigenvalue weighted by Crippen LogP contribution is 2.18. The maximum Gasteiger partial charge on any atom is 0.188 e. The molecule has 2 rings (SSSR count). The maximum absolute atomic E-state index is 4.42. The van der Waals surface area contributed by atoms with Crippen LogP contribution in [0.4, 0.5) is 0 Å². The fourth-order valence-electron chi connectivity index (χ4n) is 1.83. The van der Waals surface area contributed by atoms with E-state index < -0.39 is 0 Å². The van der Waals surface area contributed by atoms with E-state index in [1.807, 2.05) is 19.9 Å². The van der Waals surface area contributed by atoms with Gasteiger partial charge in [-0.05, 0) is 39.3 Å². The van der Waals surface area contributed by atoms with E-state index in [-0.39, 0.29) is 0 Å². The van der Waals surface area contributed by atoms with Gasteiger partial charge < -0.3 is 5.32 Å². The van der Waals surface area contributed by atoms with Gasteiger partial charge in [0.15, 0.2) is 5.16 Å². The lowest BCUT2D eigenvalue weighted by molar-refractivity contribution is 0.672. The van der Waals surface area contributed by atoms with Crippen molar-refractivity contribution in [3.05, 3.63) is 17.5 Å². The first kappa shape index (κ1) is 10.9. The van der Waals surface area contributed by atoms with Gasteiger partial charge in [0.05, 0.1) is 0 Å². The summed E-state index contributed by atoms with van der Waals surface area (Å²) in [6.07, 6.45) is 2.59. The van der Waals surface area contributed by atoms with Gasteiger partial charge in [0.1, 0.15) is 0 Å². The summed E-state index contributed by atoms with van der Waals surface area (Å²) in [5, 5.41) is 4.40. The van der Waals surface area contributed by atoms with Crippen LogP contribution in [0.1, 0.15) is 24.2 Å². The van der Waals surface area contributed by atoms with Gasteiger partial charge in [0.2, 0.25) is 0 Å². The van der Waals surface area contributed by atoms with E-state index in [2.05, 4.69) is 15.3 Å². The molecule has 0 radical (unpaired) electrons. The van der Waals surface area contributed by atoms with E-state index in [1.165, 1.54) is 19.4 Å². The number of hydrogen-bond acceptors (Lipinski definition) is 4. The first-order chi connectivity index (χ1) is 7.24. The first-order valence-electron chi connectivity index (χ1n) is 5.42. The van der Waals surface area contributed by atoms with Crippen LogP contribution in [0.5, 0.6) is 0 Å². The van der Waals surface area contributed by atoms with Crippen molar-refractivity contribution in [3.8, 4) is 0 Å². The molecule has 1 aliphatic rings. The molecule has 0 aliphatic carbocycles. The zero-order chi connectivity index (χ0) is 10.7. The molecule has 15 heavy (non-hydrogen) atoms. The summed E-state index contributed by atoms with van der Waals surface area (Å²) in [5.41, 5.74) is 2.12. The van der Waals surface area contributed by atoms with Gasteiger partial charge in [-0.3, -0.25) is 0 Å². The maximum atomic E-state index is 4.42. The predicted octanol–water partition coefficient (Wildman–Crippen LogP) is 1.94. The second kappa shape index (κ2) is 4.94. The second-order valence-corrected chi connectivity index (χ2v) is 5.02. The molecule has 0 aromatic carbocycles. The third kappa shape index (κ3) is 3.18. The predicted molar refractivity (Wildman–Crippen MR) is 63.3 cm³/mol. The highest BCUT2D eigenvalue weighted by Gasteiger charge is 2.14. The number of thioether (sulfide) groups is 1. The number of hydrogen-bond donors (Lipinski definition) is 1. The van der Waals surface area contributed by atoms with Crippen molar-refractivity contribution in [3.63, 3.8) is 0 Å². The van der Waals surface area contributed by atoms with Crippen molar-refractivity contribution in [2.75, 3.05) is 12.3 Å². The molecule has 1 saturated heterocycles. The summed E-state index contributed by atoms with van der Waals surface area (Å²) >= 11 is 1.76. The number of aromatic nitrogens is 2. The summed E-state index contributed by atoms with van der Waals surface area (Å²) in [7, 11) is 0. The number of aryl methyl sites for hydroxylation is 2. The highest BCUT2D eigenvalue weighted by molar-refractivity contribution is 7.99. The zero-order valence-corrected chi connectivity index (χ0v) is 10.1. The number of nitrogens with one attached hydrogen (secondary N) is 1. The van der Waals surface area contributed by atoms with Crippen molar-refractivity contribution in [1.29, 1.82) is 0 Å². The van der Waals surface area contributed by atoms with Crippen molar-refractivity contribution in [2.45, 2.75) is 37.9 Å². The zero-order valence-electron chi connectivity index (χ0n) is 9.29. The first-order valence-corrected chi connectivity index (χ1v) is 6.41. The molecule has 0 spiro atoms. The average Bonchev–Trinajstić information content (AvgIpc) is 2.65. The third-order valence-corrected chi connectivity index (χ3v) is 3.55. The Morgan fingerprint density at radius 2 is 2.13 bits per heavy atom. The Labute approximate surface area is 95.1 Å². The van der Waals surface area contributed by atoms with Crippen LogP contribution in [0, 0.1) is 13.8 Å². The van der Waals surface area contributed by atoms with E-state index in [9.17, 15) is 0 Å². The molecule has 1 N–H and O–H groups in total. The molecule has 2 heterocycles. The lowest BCUT2D eigenvalue weighted by Crippen LogP contribution is -2.23. The molecule has 1 atom stereocenters. The van der Waals surface area contributed by atoms with Crippen LogP contribution in [0.25, 0.3) is 0 Å². The standard InChI is InChI=1S/C11H17N3S/c1-8-6-9(2)14-11(13-8)15-7-10-4-3-5-12-10/h6,10,12H,3-5,7H2,1-2H3/t10-/m1/s1. The van der Waals surface area contributed by atoms with Gasteiger partial charge in [0, 0.05) is 23.2 Å². The van der Waals surface area contributed by atoms with Gasteiger partial charge in [-0.1, -0.05) is 11.8 Å². The van der Waals surface area contributed by atoms with E-state index >= 15 is 0 Å². The smallest absolute Gasteiger partial charge is 0.188 e. The van der Waals surface area contributed by atoms with Crippen molar-refractivity contribution in [1.82, 2.24) is 15.3 Å². The molecule has 1 aliphatic heterocycles. The molecule has 3 nitrogen and oxygen atoms in total. The Bertz CT molecular complexity index is 314. The van der Waals surface area contributed by atoms with Crippen molar-refractivity contribution < 1.29 is 0 Å². The Hall–Kier alpha value is -0.610. The Kier molecular flexibility index (Phi) is 3.59. The van der Waals surface area contributed by atoms with Crippen LogP contribution in [0.2, 0.25) is 0 Å². The Morgan fingerprint density at radius 3 is 2.73 bits per heavy atom. The molecule has 0 amide bonds. The average molecular weight is 223 g/mol.